The van der Waals surface area contributed by atoms with Crippen LogP contribution in [0.15, 0.2) is 57.1 Å². The Kier molecular flexibility index (Phi) is 7.49. The lowest BCUT2D eigenvalue weighted by molar-refractivity contribution is -0.129. The Morgan fingerprint density at radius 2 is 1.88 bits per heavy atom. The molecule has 7 rings (SSSR count). The molecule has 1 saturated heterocycles. The van der Waals surface area contributed by atoms with E-state index < -0.39 is 28.5 Å². The number of nitrogens with zero attached hydrogens (tertiary/aromatic N) is 4. The van der Waals surface area contributed by atoms with E-state index in [9.17, 15) is 14.4 Å². The van der Waals surface area contributed by atoms with Gasteiger partial charge >= 0.3 is 5.76 Å². The van der Waals surface area contributed by atoms with Crippen molar-refractivity contribution in [3.63, 3.8) is 0 Å². The van der Waals surface area contributed by atoms with Gasteiger partial charge in [0, 0.05) is 42.7 Å². The molecule has 0 aliphatic carbocycles. The van der Waals surface area contributed by atoms with E-state index in [4.69, 9.17) is 9.15 Å². The maximum atomic E-state index is 17.6. The number of rotatable bonds is 4. The largest absolute Gasteiger partial charge is 0.486 e. The summed E-state index contributed by atoms with van der Waals surface area (Å²) in [6.45, 7) is 13.6. The third-order valence-electron chi connectivity index (χ3n) is 9.54. The highest BCUT2D eigenvalue weighted by Crippen LogP contribution is 2.45. The number of H-pyrrole nitrogens is 1. The summed E-state index contributed by atoms with van der Waals surface area (Å²) >= 11 is 0. The van der Waals surface area contributed by atoms with Gasteiger partial charge in [0.15, 0.2) is 11.4 Å². The van der Waals surface area contributed by atoms with E-state index >= 15 is 8.78 Å². The molecule has 2 unspecified atom stereocenters. The molecule has 0 saturated carbocycles. The lowest BCUT2D eigenvalue weighted by Gasteiger charge is -2.45. The lowest BCUT2D eigenvalue weighted by atomic mass is 9.95. The molecule has 0 radical (unpaired) electrons. The minimum Gasteiger partial charge on any atom is -0.486 e. The van der Waals surface area contributed by atoms with Gasteiger partial charge in [-0.05, 0) is 62.1 Å². The molecule has 0 spiro atoms. The van der Waals surface area contributed by atoms with Crippen molar-refractivity contribution in [2.75, 3.05) is 24.6 Å². The van der Waals surface area contributed by atoms with Crippen LogP contribution < -0.4 is 21.0 Å². The highest BCUT2D eigenvalue weighted by Gasteiger charge is 2.40. The van der Waals surface area contributed by atoms with Gasteiger partial charge in [-0.2, -0.15) is 0 Å². The highest BCUT2D eigenvalue weighted by molar-refractivity contribution is 6.02. The van der Waals surface area contributed by atoms with Crippen LogP contribution in [0.2, 0.25) is 0 Å². The number of ether oxygens (including phenoxy) is 1. The highest BCUT2D eigenvalue weighted by atomic mass is 19.1. The number of piperazine rings is 1. The molecule has 12 heteroatoms. The summed E-state index contributed by atoms with van der Waals surface area (Å²) in [6.07, 6.45) is 3.37. The van der Waals surface area contributed by atoms with Crippen LogP contribution in [0.5, 0.6) is 5.75 Å². The monoisotopic (exact) mass is 655 g/mol. The molecule has 0 bridgehead atoms. The summed E-state index contributed by atoms with van der Waals surface area (Å²) in [6, 6.07) is 5.61. The van der Waals surface area contributed by atoms with Crippen molar-refractivity contribution < 1.29 is 22.7 Å². The molecule has 48 heavy (non-hydrogen) atoms. The average molecular weight is 656 g/mol. The van der Waals surface area contributed by atoms with E-state index in [0.29, 0.717) is 42.0 Å². The Morgan fingerprint density at radius 1 is 1.10 bits per heavy atom. The number of amides is 1. The maximum absolute atomic E-state index is 17.6. The maximum Gasteiger partial charge on any atom is 0.417 e. The fraction of sp³-hybridized carbons (Fsp3) is 0.333. The van der Waals surface area contributed by atoms with Crippen LogP contribution in [0.25, 0.3) is 38.8 Å². The molecule has 1 amide bonds. The quantitative estimate of drug-likeness (QED) is 0.241. The van der Waals surface area contributed by atoms with Crippen LogP contribution >= 0.6 is 0 Å². The summed E-state index contributed by atoms with van der Waals surface area (Å²) in [5.41, 5.74) is 1.45. The number of oxazole rings is 1. The molecule has 248 valence electrons. The first-order valence-electron chi connectivity index (χ1n) is 15.9. The average Bonchev–Trinajstić information content (AvgIpc) is 3.32. The topological polar surface area (TPSA) is 114 Å². The first-order chi connectivity index (χ1) is 22.9. The zero-order valence-electron chi connectivity index (χ0n) is 27.3. The summed E-state index contributed by atoms with van der Waals surface area (Å²) < 4.78 is 47.2. The van der Waals surface area contributed by atoms with Gasteiger partial charge in [0.1, 0.15) is 5.82 Å². The van der Waals surface area contributed by atoms with E-state index in [1.165, 1.54) is 16.7 Å². The van der Waals surface area contributed by atoms with Gasteiger partial charge in [0.2, 0.25) is 11.7 Å². The standard InChI is InChI=1S/C36H35F2N5O5/c1-7-25(44)41-16-21-11-13-47-34-32(42(21)15-20(41)6)22-14-23(37)27(26-18(4)8-9-24-33(26)48-36(46)40-24)28(38)31(22)43(35(34)45)30-19(5)10-12-39-29(30)17(2)3/h7-10,12,14,17,20-21H,1,11,13,15-16H2,2-6H3,(H,40,46). The molecule has 5 heterocycles. The normalized spacial score (nSPS) is 17.8. The smallest absolute Gasteiger partial charge is 0.417 e. The number of fused-ring (bicyclic) bond motifs is 6. The molecular weight excluding hydrogens is 620 g/mol. The Bertz CT molecular complexity index is 2290. The first-order valence-corrected chi connectivity index (χ1v) is 15.9. The van der Waals surface area contributed by atoms with Crippen LogP contribution in [-0.4, -0.2) is 57.1 Å². The number of pyridine rings is 2. The van der Waals surface area contributed by atoms with Gasteiger partial charge in [0.25, 0.3) is 5.56 Å². The Labute approximate surface area is 274 Å². The van der Waals surface area contributed by atoms with Gasteiger partial charge in [-0.1, -0.05) is 26.5 Å². The number of hydrogen-bond acceptors (Lipinski definition) is 7. The number of carbonyl (C=O) groups is 1. The van der Waals surface area contributed by atoms with Gasteiger partial charge in [0.05, 0.1) is 46.3 Å². The summed E-state index contributed by atoms with van der Waals surface area (Å²) in [7, 11) is 0. The van der Waals surface area contributed by atoms with Crippen LogP contribution in [0, 0.1) is 25.5 Å². The Balaban J connectivity index is 1.63. The summed E-state index contributed by atoms with van der Waals surface area (Å²) in [4.78, 5) is 50.6. The molecule has 2 aromatic carbocycles. The fourth-order valence-corrected chi connectivity index (χ4v) is 7.28. The SMILES string of the molecule is C=CC(=O)N1CC2CCOc3c(c4cc(F)c(-c5c(C)ccc6[nH]c(=O)oc56)c(F)c4n(-c4c(C)ccnc4C(C)C)c3=O)N2CC1C. The number of hydrogen-bond donors (Lipinski definition) is 1. The lowest BCUT2D eigenvalue weighted by Crippen LogP contribution is -2.59. The predicted molar refractivity (Wildman–Crippen MR) is 179 cm³/mol. The zero-order valence-corrected chi connectivity index (χ0v) is 27.3. The van der Waals surface area contributed by atoms with Crippen LogP contribution in [-0.2, 0) is 4.79 Å². The minimum atomic E-state index is -1.00. The molecule has 2 aliphatic heterocycles. The third kappa shape index (κ3) is 4.64. The van der Waals surface area contributed by atoms with Gasteiger partial charge in [-0.25, -0.2) is 13.6 Å². The van der Waals surface area contributed by atoms with E-state index in [1.807, 2.05) is 32.6 Å². The summed E-state index contributed by atoms with van der Waals surface area (Å²) in [5.74, 6) is -3.08. The molecular formula is C36H35F2N5O5. The molecule has 5 aromatic rings. The second kappa shape index (κ2) is 11.5. The van der Waals surface area contributed by atoms with Crippen LogP contribution in [0.3, 0.4) is 0 Å². The van der Waals surface area contributed by atoms with Crippen LogP contribution in [0.1, 0.15) is 49.9 Å². The number of aromatic nitrogens is 3. The summed E-state index contributed by atoms with van der Waals surface area (Å²) in [5, 5.41) is 0.129. The van der Waals surface area contributed by atoms with Crippen LogP contribution in [0.4, 0.5) is 14.5 Å². The van der Waals surface area contributed by atoms with E-state index in [1.54, 1.807) is 36.2 Å². The van der Waals surface area contributed by atoms with Crippen molar-refractivity contribution in [2.45, 2.75) is 59.0 Å². The van der Waals surface area contributed by atoms with Crippen molar-refractivity contribution in [1.82, 2.24) is 19.4 Å². The first kappa shape index (κ1) is 31.3. The number of aryl methyl sites for hydroxylation is 2. The van der Waals surface area contributed by atoms with Gasteiger partial charge in [-0.3, -0.25) is 24.1 Å². The van der Waals surface area contributed by atoms with Crippen molar-refractivity contribution in [1.29, 1.82) is 0 Å². The van der Waals surface area contributed by atoms with Crippen molar-refractivity contribution in [2.24, 2.45) is 0 Å². The molecule has 1 fully saturated rings. The second-order valence-electron chi connectivity index (χ2n) is 12.9. The van der Waals surface area contributed by atoms with Crippen molar-refractivity contribution in [3.05, 3.63) is 92.5 Å². The second-order valence-corrected chi connectivity index (χ2v) is 12.9. The fourth-order valence-electron chi connectivity index (χ4n) is 7.28. The Morgan fingerprint density at radius 3 is 2.60 bits per heavy atom. The number of nitrogens with one attached hydrogen (secondary N) is 1. The van der Waals surface area contributed by atoms with Crippen molar-refractivity contribution in [3.8, 4) is 22.6 Å². The zero-order chi connectivity index (χ0) is 34.2. The Hall–Kier alpha value is -5.26. The van der Waals surface area contributed by atoms with E-state index in [0.717, 1.165) is 0 Å². The van der Waals surface area contributed by atoms with Gasteiger partial charge in [-0.15, -0.1) is 0 Å². The van der Waals surface area contributed by atoms with Crippen molar-refractivity contribution >= 4 is 33.6 Å². The van der Waals surface area contributed by atoms with E-state index in [-0.39, 0.29) is 69.5 Å². The van der Waals surface area contributed by atoms with Gasteiger partial charge < -0.3 is 19.0 Å². The number of carbonyl (C=O) groups excluding carboxylic acids is 1. The minimum absolute atomic E-state index is 0.00136. The molecule has 1 N–H and O–H groups in total. The molecule has 3 aromatic heterocycles. The molecule has 2 atom stereocenters. The number of halogens is 2. The number of aromatic amines is 1. The predicted octanol–water partition coefficient (Wildman–Crippen LogP) is 5.88. The molecule has 2 aliphatic rings. The number of anilines is 1. The third-order valence-corrected chi connectivity index (χ3v) is 9.54. The number of benzene rings is 2. The molecule has 10 nitrogen and oxygen atoms in total. The van der Waals surface area contributed by atoms with E-state index in [2.05, 4.69) is 16.5 Å².